The number of amides is 3. The fraction of sp³-hybridized carbons (Fsp3) is 0.368. The number of nitrogens with one attached hydrogen (secondary N) is 1. The predicted molar refractivity (Wildman–Crippen MR) is 90.5 cm³/mol. The molecular formula is C19H20N2O3. The van der Waals surface area contributed by atoms with E-state index in [0.717, 1.165) is 29.2 Å². The molecule has 2 aliphatic rings. The van der Waals surface area contributed by atoms with Crippen molar-refractivity contribution in [3.05, 3.63) is 48.0 Å². The van der Waals surface area contributed by atoms with Crippen LogP contribution in [0.15, 0.2) is 42.5 Å². The summed E-state index contributed by atoms with van der Waals surface area (Å²) in [6.45, 7) is 2.80. The van der Waals surface area contributed by atoms with Crippen molar-refractivity contribution < 1.29 is 14.3 Å². The van der Waals surface area contributed by atoms with Crippen molar-refractivity contribution in [3.63, 3.8) is 0 Å². The molecule has 2 atom stereocenters. The van der Waals surface area contributed by atoms with E-state index in [1.54, 1.807) is 6.92 Å². The summed E-state index contributed by atoms with van der Waals surface area (Å²) in [6, 6.07) is 13.5. The van der Waals surface area contributed by atoms with Gasteiger partial charge in [0.25, 0.3) is 5.91 Å². The van der Waals surface area contributed by atoms with Gasteiger partial charge in [-0.15, -0.1) is 0 Å². The zero-order valence-corrected chi connectivity index (χ0v) is 13.6. The second-order valence-electron chi connectivity index (χ2n) is 6.67. The highest BCUT2D eigenvalue weighted by atomic mass is 16.5. The number of rotatable bonds is 3. The molecule has 5 nitrogen and oxygen atoms in total. The van der Waals surface area contributed by atoms with Crippen LogP contribution in [0.1, 0.15) is 25.3 Å². The van der Waals surface area contributed by atoms with Crippen LogP contribution in [0.5, 0.6) is 0 Å². The van der Waals surface area contributed by atoms with Crippen molar-refractivity contribution >= 4 is 22.7 Å². The standard InChI is InChI=1S/C19H20N2O3/c1-19(15-9-8-13-5-2-3-6-14(13)11-15)17(22)21(18(23)20-19)12-16-7-4-10-24-16/h2-3,5-6,8-9,11,16H,4,7,10,12H2,1H3,(H,20,23)/t16-,19+/m0/s1. The predicted octanol–water partition coefficient (Wildman–Crippen LogP) is 2.79. The van der Waals surface area contributed by atoms with Crippen molar-refractivity contribution in [2.75, 3.05) is 13.2 Å². The van der Waals surface area contributed by atoms with E-state index in [1.807, 2.05) is 42.5 Å². The third kappa shape index (κ3) is 2.36. The van der Waals surface area contributed by atoms with Crippen molar-refractivity contribution in [1.82, 2.24) is 10.2 Å². The van der Waals surface area contributed by atoms with Crippen LogP contribution in [0.25, 0.3) is 10.8 Å². The van der Waals surface area contributed by atoms with E-state index in [9.17, 15) is 9.59 Å². The molecular weight excluding hydrogens is 304 g/mol. The van der Waals surface area contributed by atoms with Crippen molar-refractivity contribution in [3.8, 4) is 0 Å². The molecule has 2 aromatic carbocycles. The van der Waals surface area contributed by atoms with E-state index in [-0.39, 0.29) is 18.0 Å². The van der Waals surface area contributed by atoms with Gasteiger partial charge in [-0.3, -0.25) is 9.69 Å². The number of hydrogen-bond donors (Lipinski definition) is 1. The highest BCUT2D eigenvalue weighted by molar-refractivity contribution is 6.07. The van der Waals surface area contributed by atoms with Gasteiger partial charge in [0.2, 0.25) is 0 Å². The number of urea groups is 1. The fourth-order valence-electron chi connectivity index (χ4n) is 3.55. The van der Waals surface area contributed by atoms with Gasteiger partial charge in [-0.2, -0.15) is 0 Å². The summed E-state index contributed by atoms with van der Waals surface area (Å²) < 4.78 is 5.57. The lowest BCUT2D eigenvalue weighted by Crippen LogP contribution is -2.42. The molecule has 2 saturated heterocycles. The molecule has 24 heavy (non-hydrogen) atoms. The fourth-order valence-corrected chi connectivity index (χ4v) is 3.55. The Morgan fingerprint density at radius 2 is 2.00 bits per heavy atom. The Balaban J connectivity index is 1.65. The molecule has 124 valence electrons. The summed E-state index contributed by atoms with van der Waals surface area (Å²) in [5, 5.41) is 5.03. The van der Waals surface area contributed by atoms with Gasteiger partial charge in [0.05, 0.1) is 12.6 Å². The lowest BCUT2D eigenvalue weighted by atomic mass is 9.90. The number of nitrogens with zero attached hydrogens (tertiary/aromatic N) is 1. The molecule has 0 spiro atoms. The Morgan fingerprint density at radius 1 is 1.21 bits per heavy atom. The summed E-state index contributed by atoms with van der Waals surface area (Å²) in [7, 11) is 0. The number of imide groups is 1. The normalized spacial score (nSPS) is 27.0. The van der Waals surface area contributed by atoms with Gasteiger partial charge in [0.15, 0.2) is 0 Å². The maximum absolute atomic E-state index is 12.9. The van der Waals surface area contributed by atoms with Crippen LogP contribution >= 0.6 is 0 Å². The minimum absolute atomic E-state index is 0.0429. The van der Waals surface area contributed by atoms with Crippen LogP contribution < -0.4 is 5.32 Å². The number of carbonyl (C=O) groups is 2. The summed E-state index contributed by atoms with van der Waals surface area (Å²) in [4.78, 5) is 26.6. The minimum atomic E-state index is -1.03. The van der Waals surface area contributed by atoms with Crippen LogP contribution in [0, 0.1) is 0 Å². The SMILES string of the molecule is C[C@]1(c2ccc3ccccc3c2)NC(=O)N(C[C@@H]2CCCO2)C1=O. The van der Waals surface area contributed by atoms with Crippen LogP contribution in [0.4, 0.5) is 4.79 Å². The van der Waals surface area contributed by atoms with Crippen molar-refractivity contribution in [2.45, 2.75) is 31.4 Å². The minimum Gasteiger partial charge on any atom is -0.376 e. The van der Waals surface area contributed by atoms with Crippen LogP contribution in [0.2, 0.25) is 0 Å². The van der Waals surface area contributed by atoms with Crippen molar-refractivity contribution in [2.24, 2.45) is 0 Å². The van der Waals surface area contributed by atoms with Crippen LogP contribution in [-0.2, 0) is 15.1 Å². The molecule has 0 unspecified atom stereocenters. The van der Waals surface area contributed by atoms with Gasteiger partial charge in [-0.1, -0.05) is 36.4 Å². The van der Waals surface area contributed by atoms with E-state index in [1.165, 1.54) is 4.90 Å². The second kappa shape index (κ2) is 5.60. The number of carbonyl (C=O) groups excluding carboxylic acids is 2. The van der Waals surface area contributed by atoms with Gasteiger partial charge >= 0.3 is 6.03 Å². The smallest absolute Gasteiger partial charge is 0.325 e. The number of hydrogen-bond acceptors (Lipinski definition) is 3. The molecule has 2 aromatic rings. The third-order valence-corrected chi connectivity index (χ3v) is 5.01. The molecule has 0 aliphatic carbocycles. The topological polar surface area (TPSA) is 58.6 Å². The van der Waals surface area contributed by atoms with Crippen molar-refractivity contribution in [1.29, 1.82) is 0 Å². The first-order valence-corrected chi connectivity index (χ1v) is 8.33. The highest BCUT2D eigenvalue weighted by Gasteiger charge is 2.49. The van der Waals surface area contributed by atoms with Gasteiger partial charge < -0.3 is 10.1 Å². The summed E-state index contributed by atoms with van der Waals surface area (Å²) in [5.74, 6) is -0.210. The Kier molecular flexibility index (Phi) is 3.53. The van der Waals surface area contributed by atoms with Gasteiger partial charge in [0.1, 0.15) is 5.54 Å². The van der Waals surface area contributed by atoms with Gasteiger partial charge in [-0.05, 0) is 42.2 Å². The Hall–Kier alpha value is -2.40. The number of ether oxygens (including phenoxy) is 1. The van der Waals surface area contributed by atoms with Crippen LogP contribution in [-0.4, -0.2) is 36.1 Å². The Labute approximate surface area is 140 Å². The highest BCUT2D eigenvalue weighted by Crippen LogP contribution is 2.31. The largest absolute Gasteiger partial charge is 0.376 e. The zero-order valence-electron chi connectivity index (χ0n) is 13.6. The maximum atomic E-state index is 12.9. The lowest BCUT2D eigenvalue weighted by Gasteiger charge is -2.23. The molecule has 4 rings (SSSR count). The molecule has 0 bridgehead atoms. The molecule has 0 radical (unpaired) electrons. The first-order valence-electron chi connectivity index (χ1n) is 8.33. The maximum Gasteiger partial charge on any atom is 0.325 e. The van der Waals surface area contributed by atoms with E-state index in [0.29, 0.717) is 13.2 Å². The summed E-state index contributed by atoms with van der Waals surface area (Å²) in [5.41, 5.74) is -0.228. The lowest BCUT2D eigenvalue weighted by molar-refractivity contribution is -0.132. The quantitative estimate of drug-likeness (QED) is 0.883. The second-order valence-corrected chi connectivity index (χ2v) is 6.67. The van der Waals surface area contributed by atoms with Crippen LogP contribution in [0.3, 0.4) is 0 Å². The van der Waals surface area contributed by atoms with E-state index in [4.69, 9.17) is 4.74 Å². The third-order valence-electron chi connectivity index (χ3n) is 5.01. The number of fused-ring (bicyclic) bond motifs is 1. The monoisotopic (exact) mass is 324 g/mol. The molecule has 2 aliphatic heterocycles. The van der Waals surface area contributed by atoms with E-state index in [2.05, 4.69) is 5.32 Å². The Morgan fingerprint density at radius 3 is 2.75 bits per heavy atom. The van der Waals surface area contributed by atoms with Gasteiger partial charge in [0, 0.05) is 6.61 Å². The van der Waals surface area contributed by atoms with E-state index >= 15 is 0 Å². The average Bonchev–Trinajstić information content (AvgIpc) is 3.18. The molecule has 3 amide bonds. The zero-order chi connectivity index (χ0) is 16.7. The molecule has 2 fully saturated rings. The molecule has 0 aromatic heterocycles. The van der Waals surface area contributed by atoms with Gasteiger partial charge in [-0.25, -0.2) is 4.79 Å². The molecule has 2 heterocycles. The molecule has 1 N–H and O–H groups in total. The first kappa shape index (κ1) is 15.1. The summed E-state index contributed by atoms with van der Waals surface area (Å²) >= 11 is 0. The number of benzene rings is 2. The first-order chi connectivity index (χ1) is 11.6. The summed E-state index contributed by atoms with van der Waals surface area (Å²) in [6.07, 6.45) is 1.83. The Bertz CT molecular complexity index is 813. The molecule has 5 heteroatoms. The average molecular weight is 324 g/mol. The molecule has 0 saturated carbocycles. The van der Waals surface area contributed by atoms with E-state index < -0.39 is 5.54 Å².